The van der Waals surface area contributed by atoms with E-state index in [1.165, 1.54) is 12.1 Å². The van der Waals surface area contributed by atoms with Crippen LogP contribution >= 0.6 is 0 Å². The van der Waals surface area contributed by atoms with E-state index in [4.69, 9.17) is 0 Å². The van der Waals surface area contributed by atoms with Gasteiger partial charge in [-0.2, -0.15) is 18.2 Å². The smallest absolute Gasteiger partial charge is 0.392 e. The molecule has 0 spiro atoms. The molecule has 12 heteroatoms. The Labute approximate surface area is 204 Å². The van der Waals surface area contributed by atoms with E-state index >= 15 is 0 Å². The number of aromatic nitrogens is 4. The van der Waals surface area contributed by atoms with Gasteiger partial charge in [0.15, 0.2) is 0 Å². The number of carbonyl (C=O) groups is 1. The molecule has 0 fully saturated rings. The number of hydrogen-bond acceptors (Lipinski definition) is 6. The lowest BCUT2D eigenvalue weighted by atomic mass is 10.2. The molecule has 1 unspecified atom stereocenters. The molecule has 0 bridgehead atoms. The predicted molar refractivity (Wildman–Crippen MR) is 129 cm³/mol. The Morgan fingerprint density at radius 2 is 1.75 bits per heavy atom. The van der Waals surface area contributed by atoms with Crippen molar-refractivity contribution in [2.45, 2.75) is 19.2 Å². The fraction of sp³-hybridized carbons (Fsp3) is 0.167. The normalized spacial score (nSPS) is 12.1. The molecule has 2 aromatic heterocycles. The number of anilines is 3. The minimum atomic E-state index is -4.51. The first-order valence-corrected chi connectivity index (χ1v) is 10.8. The van der Waals surface area contributed by atoms with Crippen molar-refractivity contribution in [3.05, 3.63) is 78.8 Å². The average molecular weight is 497 g/mol. The second kappa shape index (κ2) is 10.4. The maximum atomic E-state index is 12.9. The van der Waals surface area contributed by atoms with Crippen LogP contribution in [0.25, 0.3) is 17.2 Å². The molecule has 0 aliphatic heterocycles. The highest BCUT2D eigenvalue weighted by Gasteiger charge is 2.30. The molecule has 2 amide bonds. The van der Waals surface area contributed by atoms with Gasteiger partial charge in [-0.1, -0.05) is 18.2 Å². The number of aliphatic hydroxyl groups is 1. The minimum Gasteiger partial charge on any atom is -0.392 e. The van der Waals surface area contributed by atoms with Crippen LogP contribution in [0.2, 0.25) is 0 Å². The monoisotopic (exact) mass is 497 g/mol. The quantitative estimate of drug-likeness (QED) is 0.292. The second-order valence-electron chi connectivity index (χ2n) is 7.83. The SMILES string of the molecule is CC(O)CNc1nccc(-n2ccnc2-c2cccc(NC(=O)Nc3cccc(C(F)(F)F)c3)c2)n1. The van der Waals surface area contributed by atoms with E-state index in [-0.39, 0.29) is 12.2 Å². The summed E-state index contributed by atoms with van der Waals surface area (Å²) in [6, 6.07) is 12.2. The summed E-state index contributed by atoms with van der Waals surface area (Å²) in [5.41, 5.74) is 0.225. The van der Waals surface area contributed by atoms with Crippen LogP contribution < -0.4 is 16.0 Å². The van der Waals surface area contributed by atoms with Crippen molar-refractivity contribution in [1.29, 1.82) is 0 Å². The van der Waals surface area contributed by atoms with Crippen molar-refractivity contribution >= 4 is 23.4 Å². The molecule has 4 N–H and O–H groups in total. The topological polar surface area (TPSA) is 117 Å². The first-order chi connectivity index (χ1) is 17.2. The zero-order chi connectivity index (χ0) is 25.7. The Balaban J connectivity index is 1.50. The first kappa shape index (κ1) is 24.7. The lowest BCUT2D eigenvalue weighted by Gasteiger charge is -2.12. The zero-order valence-electron chi connectivity index (χ0n) is 19.0. The molecule has 186 valence electrons. The summed E-state index contributed by atoms with van der Waals surface area (Å²) in [5, 5.41) is 17.4. The summed E-state index contributed by atoms with van der Waals surface area (Å²) in [7, 11) is 0. The molecule has 0 aliphatic carbocycles. The molecule has 2 heterocycles. The molecule has 0 aliphatic rings. The summed E-state index contributed by atoms with van der Waals surface area (Å²) in [6.07, 6.45) is -0.186. The summed E-state index contributed by atoms with van der Waals surface area (Å²) in [6.45, 7) is 1.93. The number of halogens is 3. The molecule has 2 aromatic carbocycles. The van der Waals surface area contributed by atoms with Crippen molar-refractivity contribution in [3.8, 4) is 17.2 Å². The molecule has 0 saturated carbocycles. The van der Waals surface area contributed by atoms with Crippen molar-refractivity contribution in [2.24, 2.45) is 0 Å². The van der Waals surface area contributed by atoms with Crippen LogP contribution in [0.3, 0.4) is 0 Å². The number of carbonyl (C=O) groups excluding carboxylic acids is 1. The van der Waals surface area contributed by atoms with E-state index in [0.717, 1.165) is 12.1 Å². The number of urea groups is 1. The lowest BCUT2D eigenvalue weighted by Crippen LogP contribution is -2.19. The highest BCUT2D eigenvalue weighted by Crippen LogP contribution is 2.30. The van der Waals surface area contributed by atoms with E-state index in [9.17, 15) is 23.1 Å². The number of alkyl halides is 3. The van der Waals surface area contributed by atoms with Gasteiger partial charge < -0.3 is 21.1 Å². The van der Waals surface area contributed by atoms with Crippen LogP contribution in [0.1, 0.15) is 12.5 Å². The number of rotatable bonds is 7. The third-order valence-electron chi connectivity index (χ3n) is 4.91. The van der Waals surface area contributed by atoms with Crippen molar-refractivity contribution in [1.82, 2.24) is 19.5 Å². The van der Waals surface area contributed by atoms with E-state index in [1.54, 1.807) is 60.4 Å². The second-order valence-corrected chi connectivity index (χ2v) is 7.83. The Bertz CT molecular complexity index is 1360. The number of amides is 2. The summed E-state index contributed by atoms with van der Waals surface area (Å²) < 4.78 is 40.5. The summed E-state index contributed by atoms with van der Waals surface area (Å²) in [4.78, 5) is 25.4. The summed E-state index contributed by atoms with van der Waals surface area (Å²) >= 11 is 0. The average Bonchev–Trinajstić information content (AvgIpc) is 3.33. The van der Waals surface area contributed by atoms with Gasteiger partial charge in [-0.25, -0.2) is 14.8 Å². The lowest BCUT2D eigenvalue weighted by molar-refractivity contribution is -0.137. The van der Waals surface area contributed by atoms with E-state index in [2.05, 4.69) is 30.9 Å². The van der Waals surface area contributed by atoms with Crippen LogP contribution in [0.5, 0.6) is 0 Å². The molecular weight excluding hydrogens is 475 g/mol. The largest absolute Gasteiger partial charge is 0.416 e. The molecule has 4 rings (SSSR count). The third kappa shape index (κ3) is 6.16. The summed E-state index contributed by atoms with van der Waals surface area (Å²) in [5.74, 6) is 1.41. The predicted octanol–water partition coefficient (Wildman–Crippen LogP) is 4.78. The minimum absolute atomic E-state index is 0.0118. The third-order valence-corrected chi connectivity index (χ3v) is 4.91. The standard InChI is InChI=1S/C24H22F3N7O2/c1-15(35)14-30-22-29-9-8-20(33-22)34-11-10-28-21(34)16-4-2-6-18(12-16)31-23(36)32-19-7-3-5-17(13-19)24(25,26)27/h2-13,15,35H,14H2,1H3,(H,29,30,33)(H2,31,32,36). The van der Waals surface area contributed by atoms with Crippen LogP contribution in [0.15, 0.2) is 73.2 Å². The van der Waals surface area contributed by atoms with Gasteiger partial charge in [0, 0.05) is 42.1 Å². The van der Waals surface area contributed by atoms with E-state index in [0.29, 0.717) is 28.8 Å². The van der Waals surface area contributed by atoms with E-state index in [1.807, 2.05) is 0 Å². The number of aliphatic hydroxyl groups excluding tert-OH is 1. The van der Waals surface area contributed by atoms with Crippen molar-refractivity contribution in [3.63, 3.8) is 0 Å². The van der Waals surface area contributed by atoms with Crippen molar-refractivity contribution in [2.75, 3.05) is 22.5 Å². The van der Waals surface area contributed by atoms with Crippen molar-refractivity contribution < 1.29 is 23.1 Å². The van der Waals surface area contributed by atoms with Gasteiger partial charge in [0.05, 0.1) is 11.7 Å². The number of imidazole rings is 1. The maximum Gasteiger partial charge on any atom is 0.416 e. The first-order valence-electron chi connectivity index (χ1n) is 10.8. The Morgan fingerprint density at radius 3 is 2.47 bits per heavy atom. The van der Waals surface area contributed by atoms with Gasteiger partial charge >= 0.3 is 12.2 Å². The van der Waals surface area contributed by atoms with Gasteiger partial charge in [0.1, 0.15) is 11.6 Å². The Morgan fingerprint density at radius 1 is 1.03 bits per heavy atom. The van der Waals surface area contributed by atoms with Gasteiger partial charge in [0.2, 0.25) is 5.95 Å². The number of benzene rings is 2. The fourth-order valence-electron chi connectivity index (χ4n) is 3.31. The Kier molecular flexibility index (Phi) is 7.15. The molecule has 0 radical (unpaired) electrons. The highest BCUT2D eigenvalue weighted by atomic mass is 19.4. The van der Waals surface area contributed by atoms with Gasteiger partial charge in [-0.05, 0) is 43.3 Å². The van der Waals surface area contributed by atoms with Crippen LogP contribution in [-0.4, -0.2) is 43.3 Å². The van der Waals surface area contributed by atoms with Gasteiger partial charge in [-0.15, -0.1) is 0 Å². The van der Waals surface area contributed by atoms with Crippen LogP contribution in [0.4, 0.5) is 35.3 Å². The van der Waals surface area contributed by atoms with Gasteiger partial charge in [0.25, 0.3) is 0 Å². The van der Waals surface area contributed by atoms with Crippen LogP contribution in [-0.2, 0) is 6.18 Å². The van der Waals surface area contributed by atoms with E-state index < -0.39 is 23.9 Å². The fourth-order valence-corrected chi connectivity index (χ4v) is 3.31. The number of nitrogens with one attached hydrogen (secondary N) is 3. The molecule has 36 heavy (non-hydrogen) atoms. The highest BCUT2D eigenvalue weighted by molar-refractivity contribution is 6.00. The molecule has 1 atom stereocenters. The Hall–Kier alpha value is -4.45. The number of hydrogen-bond donors (Lipinski definition) is 4. The van der Waals surface area contributed by atoms with Crippen LogP contribution in [0, 0.1) is 0 Å². The number of nitrogens with zero attached hydrogens (tertiary/aromatic N) is 4. The molecule has 9 nitrogen and oxygen atoms in total. The molecule has 4 aromatic rings. The zero-order valence-corrected chi connectivity index (χ0v) is 19.0. The van der Waals surface area contributed by atoms with Gasteiger partial charge in [-0.3, -0.25) is 4.57 Å². The maximum absolute atomic E-state index is 12.9. The molecular formula is C24H22F3N7O2. The molecule has 0 saturated heterocycles.